The molecular formula is C14H21N3O2. The molecule has 1 N–H and O–H groups in total. The Labute approximate surface area is 113 Å². The number of β-amino-alcohol motifs (C(OH)–C–C–N with tert-alkyl or cyclic N) is 1. The molecule has 1 aliphatic rings. The number of likely N-dealkylation sites (tertiary alicyclic amines) is 1. The van der Waals surface area contributed by atoms with E-state index in [1.54, 1.807) is 15.7 Å². The van der Waals surface area contributed by atoms with Gasteiger partial charge < -0.3 is 10.0 Å². The highest BCUT2D eigenvalue weighted by atomic mass is 16.3. The first-order valence-electron chi connectivity index (χ1n) is 6.56. The van der Waals surface area contributed by atoms with Crippen molar-refractivity contribution in [3.63, 3.8) is 0 Å². The lowest BCUT2D eigenvalue weighted by Crippen LogP contribution is -2.62. The third-order valence-electron chi connectivity index (χ3n) is 3.90. The molecule has 0 aromatic carbocycles. The Morgan fingerprint density at radius 2 is 2.11 bits per heavy atom. The third kappa shape index (κ3) is 2.56. The minimum atomic E-state index is -0.677. The number of aryl methyl sites for hydroxylation is 2. The van der Waals surface area contributed by atoms with E-state index in [0.717, 1.165) is 17.0 Å². The van der Waals surface area contributed by atoms with Crippen LogP contribution in [0.5, 0.6) is 0 Å². The summed E-state index contributed by atoms with van der Waals surface area (Å²) in [5.74, 6) is -0.0548. The monoisotopic (exact) mass is 263 g/mol. The van der Waals surface area contributed by atoms with Gasteiger partial charge in [-0.25, -0.2) is 0 Å². The molecule has 104 valence electrons. The van der Waals surface area contributed by atoms with Crippen molar-refractivity contribution in [1.29, 1.82) is 0 Å². The van der Waals surface area contributed by atoms with Crippen molar-refractivity contribution < 1.29 is 9.90 Å². The Balaban J connectivity index is 2.02. The van der Waals surface area contributed by atoms with Crippen molar-refractivity contribution in [2.75, 3.05) is 13.1 Å². The zero-order valence-corrected chi connectivity index (χ0v) is 12.0. The molecule has 2 heterocycles. The van der Waals surface area contributed by atoms with Crippen molar-refractivity contribution in [2.24, 2.45) is 7.05 Å². The molecule has 0 bridgehead atoms. The van der Waals surface area contributed by atoms with E-state index in [4.69, 9.17) is 0 Å². The van der Waals surface area contributed by atoms with Gasteiger partial charge in [-0.05, 0) is 26.3 Å². The molecule has 5 heteroatoms. The van der Waals surface area contributed by atoms with E-state index in [2.05, 4.69) is 5.10 Å². The summed E-state index contributed by atoms with van der Waals surface area (Å²) in [4.78, 5) is 13.6. The summed E-state index contributed by atoms with van der Waals surface area (Å²) in [7, 11) is 1.89. The minimum absolute atomic E-state index is 0.0548. The number of hydrogen-bond donors (Lipinski definition) is 1. The van der Waals surface area contributed by atoms with Crippen molar-refractivity contribution in [1.82, 2.24) is 14.7 Å². The number of carbonyl (C=O) groups excluding carboxylic acids is 1. The molecule has 2 rings (SSSR count). The summed E-state index contributed by atoms with van der Waals surface area (Å²) < 4.78 is 1.80. The fourth-order valence-corrected chi connectivity index (χ4v) is 2.33. The lowest BCUT2D eigenvalue weighted by molar-refractivity contribution is -0.150. The Hall–Kier alpha value is -1.62. The number of carbonyl (C=O) groups is 1. The molecule has 1 amide bonds. The van der Waals surface area contributed by atoms with Gasteiger partial charge in [0.15, 0.2) is 0 Å². The fourth-order valence-electron chi connectivity index (χ4n) is 2.33. The van der Waals surface area contributed by atoms with E-state index in [9.17, 15) is 9.90 Å². The van der Waals surface area contributed by atoms with Gasteiger partial charge >= 0.3 is 0 Å². The molecule has 1 fully saturated rings. The first-order valence-corrected chi connectivity index (χ1v) is 6.56. The molecule has 5 nitrogen and oxygen atoms in total. The summed E-state index contributed by atoms with van der Waals surface area (Å²) in [6.45, 7) is 6.69. The molecule has 19 heavy (non-hydrogen) atoms. The van der Waals surface area contributed by atoms with E-state index in [1.165, 1.54) is 0 Å². The molecule has 0 atom stereocenters. The van der Waals surface area contributed by atoms with Gasteiger partial charge in [-0.1, -0.05) is 6.92 Å². The molecule has 0 spiro atoms. The third-order valence-corrected chi connectivity index (χ3v) is 3.90. The zero-order valence-electron chi connectivity index (χ0n) is 12.0. The maximum atomic E-state index is 11.9. The standard InChI is InChI=1S/C14H21N3O2/c1-5-14(19)8-17(9-14)13(18)7-6-12-10(2)15-16(4)11(12)3/h6-7,19H,5,8-9H2,1-4H3. The maximum absolute atomic E-state index is 11.9. The van der Waals surface area contributed by atoms with Gasteiger partial charge in [0.25, 0.3) is 0 Å². The van der Waals surface area contributed by atoms with E-state index in [-0.39, 0.29) is 5.91 Å². The number of rotatable bonds is 3. The topological polar surface area (TPSA) is 58.4 Å². The molecule has 1 saturated heterocycles. The van der Waals surface area contributed by atoms with Crippen LogP contribution >= 0.6 is 0 Å². The molecule has 0 aliphatic carbocycles. The number of aliphatic hydroxyl groups is 1. The minimum Gasteiger partial charge on any atom is -0.386 e. The first-order chi connectivity index (χ1) is 8.86. The van der Waals surface area contributed by atoms with Crippen molar-refractivity contribution in [3.05, 3.63) is 23.0 Å². The van der Waals surface area contributed by atoms with Crippen LogP contribution in [0.1, 0.15) is 30.3 Å². The van der Waals surface area contributed by atoms with Crippen LogP contribution in [0.3, 0.4) is 0 Å². The van der Waals surface area contributed by atoms with Gasteiger partial charge in [-0.15, -0.1) is 0 Å². The number of aromatic nitrogens is 2. The number of nitrogens with zero attached hydrogens (tertiary/aromatic N) is 3. The molecule has 0 saturated carbocycles. The maximum Gasteiger partial charge on any atom is 0.246 e. The first kappa shape index (κ1) is 13.8. The van der Waals surface area contributed by atoms with Crippen molar-refractivity contribution in [2.45, 2.75) is 32.8 Å². The Bertz CT molecular complexity index is 525. The van der Waals surface area contributed by atoms with Gasteiger partial charge in [0.05, 0.1) is 24.4 Å². The van der Waals surface area contributed by atoms with Gasteiger partial charge in [0, 0.05) is 24.4 Å². The molecule has 0 radical (unpaired) electrons. The second-order valence-corrected chi connectivity index (χ2v) is 5.31. The predicted molar refractivity (Wildman–Crippen MR) is 73.5 cm³/mol. The highest BCUT2D eigenvalue weighted by Gasteiger charge is 2.41. The van der Waals surface area contributed by atoms with E-state index >= 15 is 0 Å². The van der Waals surface area contributed by atoms with Crippen LogP contribution in [0.2, 0.25) is 0 Å². The van der Waals surface area contributed by atoms with Crippen LogP contribution in [0.25, 0.3) is 6.08 Å². The molecule has 1 aromatic rings. The average Bonchev–Trinajstić information content (AvgIpc) is 2.57. The van der Waals surface area contributed by atoms with Gasteiger partial charge in [0.2, 0.25) is 5.91 Å². The predicted octanol–water partition coefficient (Wildman–Crippen LogP) is 1.03. The quantitative estimate of drug-likeness (QED) is 0.829. The van der Waals surface area contributed by atoms with Crippen LogP contribution in [0.15, 0.2) is 6.08 Å². The highest BCUT2D eigenvalue weighted by Crippen LogP contribution is 2.24. The van der Waals surface area contributed by atoms with Crippen LogP contribution in [0.4, 0.5) is 0 Å². The summed E-state index contributed by atoms with van der Waals surface area (Å²) in [5, 5.41) is 14.2. The Kier molecular flexibility index (Phi) is 3.49. The summed E-state index contributed by atoms with van der Waals surface area (Å²) in [5.41, 5.74) is 2.26. The Morgan fingerprint density at radius 1 is 1.47 bits per heavy atom. The van der Waals surface area contributed by atoms with Crippen molar-refractivity contribution >= 4 is 12.0 Å². The van der Waals surface area contributed by atoms with Gasteiger partial charge in [0.1, 0.15) is 0 Å². The lowest BCUT2D eigenvalue weighted by atomic mass is 9.91. The second kappa shape index (κ2) is 4.81. The second-order valence-electron chi connectivity index (χ2n) is 5.31. The lowest BCUT2D eigenvalue weighted by Gasteiger charge is -2.45. The molecule has 1 aliphatic heterocycles. The fraction of sp³-hybridized carbons (Fsp3) is 0.571. The van der Waals surface area contributed by atoms with Crippen molar-refractivity contribution in [3.8, 4) is 0 Å². The normalized spacial score (nSPS) is 17.8. The van der Waals surface area contributed by atoms with E-state index < -0.39 is 5.60 Å². The molecule has 1 aromatic heterocycles. The molecular weight excluding hydrogens is 242 g/mol. The van der Waals surface area contributed by atoms with Crippen LogP contribution < -0.4 is 0 Å². The zero-order chi connectivity index (χ0) is 14.2. The molecule has 0 unspecified atom stereocenters. The summed E-state index contributed by atoms with van der Waals surface area (Å²) in [6.07, 6.45) is 4.05. The summed E-state index contributed by atoms with van der Waals surface area (Å²) in [6, 6.07) is 0. The number of amides is 1. The smallest absolute Gasteiger partial charge is 0.246 e. The highest BCUT2D eigenvalue weighted by molar-refractivity contribution is 5.92. The van der Waals surface area contributed by atoms with E-state index in [0.29, 0.717) is 19.5 Å². The van der Waals surface area contributed by atoms with Gasteiger partial charge in [-0.3, -0.25) is 9.48 Å². The van der Waals surface area contributed by atoms with Crippen LogP contribution in [-0.2, 0) is 11.8 Å². The summed E-state index contributed by atoms with van der Waals surface area (Å²) >= 11 is 0. The van der Waals surface area contributed by atoms with E-state index in [1.807, 2.05) is 33.9 Å². The van der Waals surface area contributed by atoms with Crippen LogP contribution in [-0.4, -0.2) is 44.4 Å². The number of hydrogen-bond acceptors (Lipinski definition) is 3. The largest absolute Gasteiger partial charge is 0.386 e. The van der Waals surface area contributed by atoms with Crippen LogP contribution in [0, 0.1) is 13.8 Å². The average molecular weight is 263 g/mol. The SMILES string of the molecule is CCC1(O)CN(C(=O)C=Cc2c(C)nn(C)c2C)C1. The Morgan fingerprint density at radius 3 is 2.58 bits per heavy atom. The van der Waals surface area contributed by atoms with Gasteiger partial charge in [-0.2, -0.15) is 5.10 Å².